The third kappa shape index (κ3) is 6.15. The number of aromatic nitrogens is 1. The number of thiocarbonyl (C=S) groups is 1. The van der Waals surface area contributed by atoms with E-state index in [1.54, 1.807) is 12.4 Å². The third-order valence-electron chi connectivity index (χ3n) is 3.58. The summed E-state index contributed by atoms with van der Waals surface area (Å²) >= 11 is 5.13. The first-order chi connectivity index (χ1) is 12.0. The van der Waals surface area contributed by atoms with Gasteiger partial charge in [0.2, 0.25) is 0 Å². The van der Waals surface area contributed by atoms with E-state index in [1.165, 1.54) is 0 Å². The monoisotopic (exact) mass is 357 g/mol. The lowest BCUT2D eigenvalue weighted by atomic mass is 10.0. The standard InChI is InChI=1S/C19H23N3O2S/c1-13(2)16-7-6-14(3)9-17(16)24-12-18(23)22-19(25)21-11-15-5-4-8-20-10-15/h4-10,13H,11-12H2,1-3H3,(H2,21,22,23,25). The van der Waals surface area contributed by atoms with Gasteiger partial charge in [-0.25, -0.2) is 0 Å². The van der Waals surface area contributed by atoms with Crippen LogP contribution in [-0.4, -0.2) is 22.6 Å². The summed E-state index contributed by atoms with van der Waals surface area (Å²) in [6.07, 6.45) is 3.45. The molecule has 1 aromatic heterocycles. The lowest BCUT2D eigenvalue weighted by Crippen LogP contribution is -2.41. The summed E-state index contributed by atoms with van der Waals surface area (Å²) in [5, 5.41) is 5.86. The zero-order chi connectivity index (χ0) is 18.2. The number of carbonyl (C=O) groups is 1. The maximum atomic E-state index is 12.0. The van der Waals surface area contributed by atoms with Gasteiger partial charge >= 0.3 is 0 Å². The number of pyridine rings is 1. The quantitative estimate of drug-likeness (QED) is 0.778. The Bertz CT molecular complexity index is 733. The lowest BCUT2D eigenvalue weighted by molar-refractivity contribution is -0.121. The molecule has 0 saturated carbocycles. The molecule has 0 unspecified atom stereocenters. The van der Waals surface area contributed by atoms with Gasteiger partial charge in [0.1, 0.15) is 5.75 Å². The van der Waals surface area contributed by atoms with E-state index in [2.05, 4.69) is 29.5 Å². The average Bonchev–Trinajstić information content (AvgIpc) is 2.59. The Labute approximate surface area is 153 Å². The predicted molar refractivity (Wildman–Crippen MR) is 103 cm³/mol. The molecule has 2 N–H and O–H groups in total. The molecule has 6 heteroatoms. The largest absolute Gasteiger partial charge is 0.483 e. The number of aryl methyl sites for hydroxylation is 1. The molecule has 0 fully saturated rings. The van der Waals surface area contributed by atoms with Crippen molar-refractivity contribution >= 4 is 23.2 Å². The van der Waals surface area contributed by atoms with E-state index in [9.17, 15) is 4.79 Å². The highest BCUT2D eigenvalue weighted by Crippen LogP contribution is 2.27. The normalized spacial score (nSPS) is 10.4. The van der Waals surface area contributed by atoms with Gasteiger partial charge in [0, 0.05) is 18.9 Å². The van der Waals surface area contributed by atoms with Gasteiger partial charge in [0.25, 0.3) is 5.91 Å². The minimum absolute atomic E-state index is 0.0854. The second kappa shape index (κ2) is 9.13. The molecule has 1 aromatic carbocycles. The topological polar surface area (TPSA) is 63.2 Å². The van der Waals surface area contributed by atoms with E-state index in [1.807, 2.05) is 37.3 Å². The van der Waals surface area contributed by atoms with Crippen LogP contribution in [0.3, 0.4) is 0 Å². The molecule has 0 bridgehead atoms. The molecule has 2 rings (SSSR count). The first kappa shape index (κ1) is 18.9. The van der Waals surface area contributed by atoms with Crippen molar-refractivity contribution in [3.05, 3.63) is 59.4 Å². The Morgan fingerprint density at radius 1 is 1.32 bits per heavy atom. The molecule has 0 spiro atoms. The highest BCUT2D eigenvalue weighted by Gasteiger charge is 2.11. The van der Waals surface area contributed by atoms with Crippen LogP contribution in [0.1, 0.15) is 36.5 Å². The number of benzene rings is 1. The van der Waals surface area contributed by atoms with Crippen LogP contribution >= 0.6 is 12.2 Å². The van der Waals surface area contributed by atoms with Crippen molar-refractivity contribution in [1.29, 1.82) is 0 Å². The number of hydrogen-bond donors (Lipinski definition) is 2. The Hall–Kier alpha value is -2.47. The third-order valence-corrected chi connectivity index (χ3v) is 3.83. The Morgan fingerprint density at radius 2 is 2.12 bits per heavy atom. The van der Waals surface area contributed by atoms with Crippen LogP contribution in [0.25, 0.3) is 0 Å². The highest BCUT2D eigenvalue weighted by molar-refractivity contribution is 7.80. The van der Waals surface area contributed by atoms with Crippen LogP contribution in [0.4, 0.5) is 0 Å². The smallest absolute Gasteiger partial charge is 0.264 e. The minimum atomic E-state index is -0.292. The number of rotatable bonds is 6. The highest BCUT2D eigenvalue weighted by atomic mass is 32.1. The number of amides is 1. The van der Waals surface area contributed by atoms with E-state index >= 15 is 0 Å². The summed E-state index contributed by atoms with van der Waals surface area (Å²) < 4.78 is 5.70. The second-order valence-corrected chi connectivity index (χ2v) is 6.49. The van der Waals surface area contributed by atoms with Crippen molar-refractivity contribution < 1.29 is 9.53 Å². The molecule has 5 nitrogen and oxygen atoms in total. The maximum absolute atomic E-state index is 12.0. The van der Waals surface area contributed by atoms with Crippen molar-refractivity contribution in [1.82, 2.24) is 15.6 Å². The van der Waals surface area contributed by atoms with Gasteiger partial charge in [-0.05, 0) is 53.9 Å². The van der Waals surface area contributed by atoms with E-state index in [-0.39, 0.29) is 17.6 Å². The summed E-state index contributed by atoms with van der Waals surface area (Å²) in [4.78, 5) is 16.1. The predicted octanol–water partition coefficient (Wildman–Crippen LogP) is 3.08. The van der Waals surface area contributed by atoms with Crippen LogP contribution in [0.15, 0.2) is 42.7 Å². The zero-order valence-electron chi connectivity index (χ0n) is 14.7. The van der Waals surface area contributed by atoms with Crippen LogP contribution in [0.2, 0.25) is 0 Å². The molecule has 0 radical (unpaired) electrons. The van der Waals surface area contributed by atoms with Gasteiger partial charge in [-0.1, -0.05) is 32.0 Å². The maximum Gasteiger partial charge on any atom is 0.264 e. The first-order valence-electron chi connectivity index (χ1n) is 8.15. The SMILES string of the molecule is Cc1ccc(C(C)C)c(OCC(=O)NC(=S)NCc2cccnc2)c1. The fourth-order valence-electron chi connectivity index (χ4n) is 2.28. The molecule has 0 saturated heterocycles. The number of nitrogens with zero attached hydrogens (tertiary/aromatic N) is 1. The fourth-order valence-corrected chi connectivity index (χ4v) is 2.46. The van der Waals surface area contributed by atoms with Gasteiger partial charge in [0.15, 0.2) is 11.7 Å². The van der Waals surface area contributed by atoms with Gasteiger partial charge in [0.05, 0.1) is 0 Å². The Kier molecular flexibility index (Phi) is 6.89. The van der Waals surface area contributed by atoms with Gasteiger partial charge in [-0.3, -0.25) is 9.78 Å². The van der Waals surface area contributed by atoms with Crippen LogP contribution in [0, 0.1) is 6.92 Å². The van der Waals surface area contributed by atoms with Gasteiger partial charge in [-0.2, -0.15) is 0 Å². The zero-order valence-corrected chi connectivity index (χ0v) is 15.5. The van der Waals surface area contributed by atoms with Crippen molar-refractivity contribution in [2.75, 3.05) is 6.61 Å². The molecule has 0 atom stereocenters. The van der Waals surface area contributed by atoms with Gasteiger partial charge < -0.3 is 15.4 Å². The molecule has 1 amide bonds. The molecular weight excluding hydrogens is 334 g/mol. The second-order valence-electron chi connectivity index (χ2n) is 6.08. The summed E-state index contributed by atoms with van der Waals surface area (Å²) in [7, 11) is 0. The molecule has 0 aliphatic heterocycles. The molecular formula is C19H23N3O2S. The van der Waals surface area contributed by atoms with Gasteiger partial charge in [-0.15, -0.1) is 0 Å². The van der Waals surface area contributed by atoms with Crippen molar-refractivity contribution in [3.63, 3.8) is 0 Å². The summed E-state index contributed by atoms with van der Waals surface area (Å²) in [6, 6.07) is 9.80. The lowest BCUT2D eigenvalue weighted by Gasteiger charge is -2.15. The van der Waals surface area contributed by atoms with Crippen LogP contribution in [0.5, 0.6) is 5.75 Å². The van der Waals surface area contributed by atoms with E-state index in [0.717, 1.165) is 22.4 Å². The van der Waals surface area contributed by atoms with Crippen molar-refractivity contribution in [2.24, 2.45) is 0 Å². The number of carbonyl (C=O) groups excluding carboxylic acids is 1. The number of nitrogens with one attached hydrogen (secondary N) is 2. The summed E-state index contributed by atoms with van der Waals surface area (Å²) in [5.74, 6) is 0.764. The van der Waals surface area contributed by atoms with Crippen molar-refractivity contribution in [2.45, 2.75) is 33.2 Å². The molecule has 0 aliphatic rings. The molecule has 1 heterocycles. The fraction of sp³-hybridized carbons (Fsp3) is 0.316. The summed E-state index contributed by atoms with van der Waals surface area (Å²) in [6.45, 7) is 6.60. The average molecular weight is 357 g/mol. The molecule has 25 heavy (non-hydrogen) atoms. The Balaban J connectivity index is 1.82. The minimum Gasteiger partial charge on any atom is -0.483 e. The van der Waals surface area contributed by atoms with Crippen LogP contribution in [-0.2, 0) is 11.3 Å². The van der Waals surface area contributed by atoms with E-state index in [4.69, 9.17) is 17.0 Å². The first-order valence-corrected chi connectivity index (χ1v) is 8.56. The van der Waals surface area contributed by atoms with Crippen molar-refractivity contribution in [3.8, 4) is 5.75 Å². The Morgan fingerprint density at radius 3 is 2.80 bits per heavy atom. The molecule has 132 valence electrons. The summed E-state index contributed by atoms with van der Waals surface area (Å²) in [5.41, 5.74) is 3.15. The molecule has 0 aliphatic carbocycles. The number of hydrogen-bond acceptors (Lipinski definition) is 4. The number of ether oxygens (including phenoxy) is 1. The van der Waals surface area contributed by atoms with E-state index in [0.29, 0.717) is 12.5 Å². The molecule has 2 aromatic rings. The van der Waals surface area contributed by atoms with Crippen LogP contribution < -0.4 is 15.4 Å². The van der Waals surface area contributed by atoms with E-state index < -0.39 is 0 Å².